The highest BCUT2D eigenvalue weighted by Gasteiger charge is 2.27. The Morgan fingerprint density at radius 3 is 2.80 bits per heavy atom. The molecule has 0 atom stereocenters. The zero-order chi connectivity index (χ0) is 14.9. The van der Waals surface area contributed by atoms with Crippen LogP contribution >= 0.6 is 0 Å². The van der Waals surface area contributed by atoms with Crippen LogP contribution in [-0.2, 0) is 11.3 Å². The minimum absolute atomic E-state index is 0.0990. The van der Waals surface area contributed by atoms with E-state index < -0.39 is 17.5 Å². The van der Waals surface area contributed by atoms with Crippen LogP contribution in [0.5, 0.6) is 5.75 Å². The average molecular weight is 281 g/mol. The maximum atomic E-state index is 13.8. The van der Waals surface area contributed by atoms with Gasteiger partial charge in [0.25, 0.3) is 0 Å². The summed E-state index contributed by atoms with van der Waals surface area (Å²) in [6.07, 6.45) is -0.666. The standard InChI is InChI=1S/C14H16FNO4/c1-14(2,3)20-13(18)16-6-8-9(15)4-5-11-12(8)10(17)7-19-11/h4-5H,6-7H2,1-3H3,(H,16,18). The molecular weight excluding hydrogens is 265 g/mol. The summed E-state index contributed by atoms with van der Waals surface area (Å²) in [6.45, 7) is 4.96. The lowest BCUT2D eigenvalue weighted by molar-refractivity contribution is 0.0522. The van der Waals surface area contributed by atoms with Gasteiger partial charge in [-0.1, -0.05) is 0 Å². The van der Waals surface area contributed by atoms with Crippen molar-refractivity contribution >= 4 is 11.9 Å². The number of Topliss-reactive ketones (excluding diaryl/α,β-unsaturated/α-hetero) is 1. The van der Waals surface area contributed by atoms with Gasteiger partial charge in [-0.25, -0.2) is 9.18 Å². The van der Waals surface area contributed by atoms with Crippen LogP contribution in [0.1, 0.15) is 36.7 Å². The van der Waals surface area contributed by atoms with Gasteiger partial charge in [-0.05, 0) is 32.9 Å². The summed E-state index contributed by atoms with van der Waals surface area (Å²) in [4.78, 5) is 23.2. The van der Waals surface area contributed by atoms with Crippen LogP contribution in [0.4, 0.5) is 9.18 Å². The largest absolute Gasteiger partial charge is 0.485 e. The third-order valence-corrected chi connectivity index (χ3v) is 2.66. The lowest BCUT2D eigenvalue weighted by Crippen LogP contribution is -2.32. The molecule has 0 bridgehead atoms. The van der Waals surface area contributed by atoms with Gasteiger partial charge in [0.15, 0.2) is 6.61 Å². The molecule has 0 saturated heterocycles. The number of carbonyl (C=O) groups is 2. The van der Waals surface area contributed by atoms with Gasteiger partial charge in [0.1, 0.15) is 17.2 Å². The van der Waals surface area contributed by atoms with Crippen molar-refractivity contribution in [1.82, 2.24) is 5.32 Å². The highest BCUT2D eigenvalue weighted by Crippen LogP contribution is 2.30. The van der Waals surface area contributed by atoms with Gasteiger partial charge >= 0.3 is 6.09 Å². The number of fused-ring (bicyclic) bond motifs is 1. The van der Waals surface area contributed by atoms with Crippen molar-refractivity contribution in [3.8, 4) is 5.75 Å². The van der Waals surface area contributed by atoms with Crippen molar-refractivity contribution < 1.29 is 23.5 Å². The monoisotopic (exact) mass is 281 g/mol. The highest BCUT2D eigenvalue weighted by molar-refractivity contribution is 6.03. The first-order chi connectivity index (χ1) is 9.28. The molecule has 5 nitrogen and oxygen atoms in total. The summed E-state index contributed by atoms with van der Waals surface area (Å²) in [7, 11) is 0. The number of ether oxygens (including phenoxy) is 2. The molecule has 1 aliphatic heterocycles. The van der Waals surface area contributed by atoms with Crippen LogP contribution in [0.3, 0.4) is 0 Å². The normalized spacial score (nSPS) is 13.7. The number of rotatable bonds is 2. The molecule has 1 aliphatic rings. The summed E-state index contributed by atoms with van der Waals surface area (Å²) in [5.41, 5.74) is -0.322. The molecule has 1 aromatic carbocycles. The van der Waals surface area contributed by atoms with Crippen LogP contribution in [0.2, 0.25) is 0 Å². The molecule has 20 heavy (non-hydrogen) atoms. The fraction of sp³-hybridized carbons (Fsp3) is 0.429. The molecule has 1 heterocycles. The molecule has 108 valence electrons. The predicted octanol–water partition coefficient (Wildman–Crippen LogP) is 2.43. The van der Waals surface area contributed by atoms with Crippen LogP contribution in [-0.4, -0.2) is 24.1 Å². The Hall–Kier alpha value is -2.11. The van der Waals surface area contributed by atoms with E-state index in [0.29, 0.717) is 5.75 Å². The van der Waals surface area contributed by atoms with Crippen molar-refractivity contribution in [3.63, 3.8) is 0 Å². The van der Waals surface area contributed by atoms with Crippen LogP contribution < -0.4 is 10.1 Å². The van der Waals surface area contributed by atoms with Crippen molar-refractivity contribution in [3.05, 3.63) is 29.1 Å². The molecule has 0 unspecified atom stereocenters. The molecule has 0 aliphatic carbocycles. The summed E-state index contributed by atoms with van der Waals surface area (Å²) in [5.74, 6) is -0.503. The highest BCUT2D eigenvalue weighted by atomic mass is 19.1. The number of alkyl carbamates (subject to hydrolysis) is 1. The Morgan fingerprint density at radius 2 is 2.15 bits per heavy atom. The number of amides is 1. The van der Waals surface area contributed by atoms with Crippen molar-refractivity contribution in [2.24, 2.45) is 0 Å². The SMILES string of the molecule is CC(C)(C)OC(=O)NCc1c(F)ccc2c1C(=O)CO2. The molecular formula is C14H16FNO4. The van der Waals surface area contributed by atoms with E-state index in [4.69, 9.17) is 9.47 Å². The summed E-state index contributed by atoms with van der Waals surface area (Å²) in [6, 6.07) is 2.62. The molecule has 0 saturated carbocycles. The zero-order valence-electron chi connectivity index (χ0n) is 11.6. The molecule has 0 aromatic heterocycles. The molecule has 1 N–H and O–H groups in total. The van der Waals surface area contributed by atoms with E-state index in [-0.39, 0.29) is 30.1 Å². The lowest BCUT2D eigenvalue weighted by Gasteiger charge is -2.20. The van der Waals surface area contributed by atoms with Crippen molar-refractivity contribution in [2.75, 3.05) is 6.61 Å². The Morgan fingerprint density at radius 1 is 1.45 bits per heavy atom. The van der Waals surface area contributed by atoms with Crippen LogP contribution in [0, 0.1) is 5.82 Å². The number of ketones is 1. The molecule has 0 fully saturated rings. The number of halogens is 1. The predicted molar refractivity (Wildman–Crippen MR) is 69.3 cm³/mol. The zero-order valence-corrected chi connectivity index (χ0v) is 11.6. The maximum absolute atomic E-state index is 13.8. The second-order valence-electron chi connectivity index (χ2n) is 5.47. The van der Waals surface area contributed by atoms with Gasteiger partial charge < -0.3 is 14.8 Å². The van der Waals surface area contributed by atoms with Gasteiger partial charge in [0.05, 0.1) is 5.56 Å². The Balaban J connectivity index is 2.13. The number of nitrogens with one attached hydrogen (secondary N) is 1. The molecule has 1 amide bonds. The molecule has 0 radical (unpaired) electrons. The van der Waals surface area contributed by atoms with Gasteiger partial charge in [0, 0.05) is 12.1 Å². The minimum Gasteiger partial charge on any atom is -0.485 e. The van der Waals surface area contributed by atoms with Crippen molar-refractivity contribution in [2.45, 2.75) is 32.9 Å². The topological polar surface area (TPSA) is 64.6 Å². The van der Waals surface area contributed by atoms with E-state index in [1.54, 1.807) is 20.8 Å². The number of carbonyl (C=O) groups excluding carboxylic acids is 2. The third kappa shape index (κ3) is 3.07. The van der Waals surface area contributed by atoms with E-state index in [0.717, 1.165) is 0 Å². The number of hydrogen-bond acceptors (Lipinski definition) is 4. The van der Waals surface area contributed by atoms with Gasteiger partial charge in [-0.2, -0.15) is 0 Å². The third-order valence-electron chi connectivity index (χ3n) is 2.66. The van der Waals surface area contributed by atoms with Crippen molar-refractivity contribution in [1.29, 1.82) is 0 Å². The fourth-order valence-electron chi connectivity index (χ4n) is 1.89. The Bertz CT molecular complexity index is 563. The Labute approximate surface area is 116 Å². The number of benzene rings is 1. The maximum Gasteiger partial charge on any atom is 0.407 e. The van der Waals surface area contributed by atoms with Gasteiger partial charge in [-0.15, -0.1) is 0 Å². The first-order valence-electron chi connectivity index (χ1n) is 6.22. The first kappa shape index (κ1) is 14.3. The second kappa shape index (κ2) is 5.11. The van der Waals surface area contributed by atoms with Crippen LogP contribution in [0.15, 0.2) is 12.1 Å². The van der Waals surface area contributed by atoms with E-state index in [9.17, 15) is 14.0 Å². The smallest absolute Gasteiger partial charge is 0.407 e. The van der Waals surface area contributed by atoms with E-state index >= 15 is 0 Å². The number of hydrogen-bond donors (Lipinski definition) is 1. The summed E-state index contributed by atoms with van der Waals surface area (Å²) in [5, 5.41) is 2.44. The summed E-state index contributed by atoms with van der Waals surface area (Å²) >= 11 is 0. The van der Waals surface area contributed by atoms with Crippen LogP contribution in [0.25, 0.3) is 0 Å². The molecule has 2 rings (SSSR count). The first-order valence-corrected chi connectivity index (χ1v) is 6.22. The van der Waals surface area contributed by atoms with E-state index in [2.05, 4.69) is 5.32 Å². The average Bonchev–Trinajstić information content (AvgIpc) is 2.68. The molecule has 0 spiro atoms. The van der Waals surface area contributed by atoms with Gasteiger partial charge in [-0.3, -0.25) is 4.79 Å². The van der Waals surface area contributed by atoms with Gasteiger partial charge in [0.2, 0.25) is 5.78 Å². The summed E-state index contributed by atoms with van der Waals surface area (Å²) < 4.78 is 24.0. The molecule has 1 aromatic rings. The van der Waals surface area contributed by atoms with E-state index in [1.165, 1.54) is 12.1 Å². The molecule has 6 heteroatoms. The minimum atomic E-state index is -0.666. The second-order valence-corrected chi connectivity index (χ2v) is 5.47. The quantitative estimate of drug-likeness (QED) is 0.904. The Kier molecular flexibility index (Phi) is 3.65. The lowest BCUT2D eigenvalue weighted by atomic mass is 10.0. The van der Waals surface area contributed by atoms with E-state index in [1.807, 2.05) is 0 Å². The fourth-order valence-corrected chi connectivity index (χ4v) is 1.89.